The van der Waals surface area contributed by atoms with E-state index in [0.717, 1.165) is 5.56 Å². The molecule has 22 heavy (non-hydrogen) atoms. The highest BCUT2D eigenvalue weighted by Gasteiger charge is 2.15. The van der Waals surface area contributed by atoms with Gasteiger partial charge in [0.25, 0.3) is 5.91 Å². The van der Waals surface area contributed by atoms with Crippen LogP contribution in [0.25, 0.3) is 0 Å². The van der Waals surface area contributed by atoms with Crippen LogP contribution in [-0.4, -0.2) is 18.5 Å². The molecule has 0 aliphatic heterocycles. The highest BCUT2D eigenvalue weighted by molar-refractivity contribution is 9.10. The van der Waals surface area contributed by atoms with Gasteiger partial charge < -0.3 is 14.5 Å². The molecule has 1 aromatic carbocycles. The first-order chi connectivity index (χ1) is 10.5. The predicted molar refractivity (Wildman–Crippen MR) is 84.7 cm³/mol. The van der Waals surface area contributed by atoms with E-state index in [1.165, 1.54) is 6.07 Å². The monoisotopic (exact) mass is 385 g/mol. The van der Waals surface area contributed by atoms with Gasteiger partial charge in [-0.2, -0.15) is 0 Å². The molecular formula is C15H13BrClNO4. The molecular weight excluding hydrogens is 374 g/mol. The number of carbonyl (C=O) groups is 2. The molecule has 0 spiro atoms. The largest absolute Gasteiger partial charge is 0.450 e. The Morgan fingerprint density at radius 1 is 1.36 bits per heavy atom. The van der Waals surface area contributed by atoms with Gasteiger partial charge in [0.15, 0.2) is 11.3 Å². The van der Waals surface area contributed by atoms with Crippen LogP contribution in [-0.2, 0) is 9.53 Å². The molecule has 1 amide bonds. The van der Waals surface area contributed by atoms with Crippen molar-refractivity contribution < 1.29 is 18.7 Å². The first-order valence-electron chi connectivity index (χ1n) is 6.43. The molecule has 2 rings (SSSR count). The Hall–Kier alpha value is -1.79. The van der Waals surface area contributed by atoms with Crippen molar-refractivity contribution in [1.29, 1.82) is 0 Å². The molecule has 0 fully saturated rings. The van der Waals surface area contributed by atoms with Crippen molar-refractivity contribution in [2.75, 3.05) is 6.61 Å². The minimum atomic E-state index is -0.698. The maximum Gasteiger partial charge on any atom is 0.374 e. The van der Waals surface area contributed by atoms with Gasteiger partial charge in [0.1, 0.15) is 0 Å². The Kier molecular flexibility index (Phi) is 5.63. The number of rotatable bonds is 5. The van der Waals surface area contributed by atoms with Crippen LogP contribution in [0, 0.1) is 0 Å². The number of hydrogen-bond acceptors (Lipinski definition) is 4. The first-order valence-corrected chi connectivity index (χ1v) is 7.60. The number of carbonyl (C=O) groups excluding carboxylic acids is 2. The van der Waals surface area contributed by atoms with Crippen LogP contribution >= 0.6 is 27.5 Å². The molecule has 0 saturated carbocycles. The summed E-state index contributed by atoms with van der Waals surface area (Å²) < 4.78 is 10.3. The lowest BCUT2D eigenvalue weighted by atomic mass is 10.1. The third-order valence-electron chi connectivity index (χ3n) is 2.83. The van der Waals surface area contributed by atoms with Crippen LogP contribution in [0.4, 0.5) is 0 Å². The van der Waals surface area contributed by atoms with E-state index >= 15 is 0 Å². The SMILES string of the molecule is C[C@H](NC(=O)COC(=O)c1ccc(Br)o1)c1cccc(Cl)c1. The van der Waals surface area contributed by atoms with E-state index in [0.29, 0.717) is 9.69 Å². The lowest BCUT2D eigenvalue weighted by Crippen LogP contribution is -2.31. The van der Waals surface area contributed by atoms with E-state index in [4.69, 9.17) is 20.8 Å². The van der Waals surface area contributed by atoms with Gasteiger partial charge >= 0.3 is 5.97 Å². The van der Waals surface area contributed by atoms with Gasteiger partial charge in [-0.1, -0.05) is 23.7 Å². The fourth-order valence-corrected chi connectivity index (χ4v) is 2.27. The number of furan rings is 1. The van der Waals surface area contributed by atoms with E-state index < -0.39 is 11.9 Å². The van der Waals surface area contributed by atoms with Crippen LogP contribution in [0.15, 0.2) is 45.5 Å². The third-order valence-corrected chi connectivity index (χ3v) is 3.50. The molecule has 0 aliphatic carbocycles. The van der Waals surface area contributed by atoms with Crippen molar-refractivity contribution in [3.63, 3.8) is 0 Å². The molecule has 2 aromatic rings. The van der Waals surface area contributed by atoms with Crippen molar-refractivity contribution in [1.82, 2.24) is 5.32 Å². The molecule has 0 unspecified atom stereocenters. The summed E-state index contributed by atoms with van der Waals surface area (Å²) in [5.74, 6) is -1.08. The second-order valence-corrected chi connectivity index (χ2v) is 5.74. The van der Waals surface area contributed by atoms with E-state index in [1.807, 2.05) is 13.0 Å². The molecule has 1 heterocycles. The Morgan fingerprint density at radius 3 is 2.77 bits per heavy atom. The van der Waals surface area contributed by atoms with Gasteiger partial charge in [-0.15, -0.1) is 0 Å². The molecule has 0 bridgehead atoms. The smallest absolute Gasteiger partial charge is 0.374 e. The van der Waals surface area contributed by atoms with Gasteiger partial charge in [-0.05, 0) is 52.7 Å². The summed E-state index contributed by atoms with van der Waals surface area (Å²) in [5, 5.41) is 3.31. The number of ether oxygens (including phenoxy) is 1. The second-order valence-electron chi connectivity index (χ2n) is 4.52. The highest BCUT2D eigenvalue weighted by Crippen LogP contribution is 2.17. The Bertz CT molecular complexity index is 686. The summed E-state index contributed by atoms with van der Waals surface area (Å²) in [6.45, 7) is 1.43. The summed E-state index contributed by atoms with van der Waals surface area (Å²) in [7, 11) is 0. The molecule has 5 nitrogen and oxygen atoms in total. The van der Waals surface area contributed by atoms with Crippen molar-refractivity contribution in [3.05, 3.63) is 57.4 Å². The van der Waals surface area contributed by atoms with Crippen LogP contribution in [0.5, 0.6) is 0 Å². The molecule has 0 saturated heterocycles. The third kappa shape index (κ3) is 4.61. The normalized spacial score (nSPS) is 11.8. The van der Waals surface area contributed by atoms with E-state index in [9.17, 15) is 9.59 Å². The van der Waals surface area contributed by atoms with Crippen molar-refractivity contribution in [3.8, 4) is 0 Å². The van der Waals surface area contributed by atoms with Gasteiger partial charge in [-0.3, -0.25) is 4.79 Å². The molecule has 0 radical (unpaired) electrons. The number of nitrogens with one attached hydrogen (secondary N) is 1. The molecule has 1 atom stereocenters. The number of amides is 1. The van der Waals surface area contributed by atoms with Crippen molar-refractivity contribution in [2.24, 2.45) is 0 Å². The lowest BCUT2D eigenvalue weighted by molar-refractivity contribution is -0.124. The van der Waals surface area contributed by atoms with Gasteiger partial charge in [0.2, 0.25) is 5.76 Å². The predicted octanol–water partition coefficient (Wildman–Crippen LogP) is 3.73. The topological polar surface area (TPSA) is 68.5 Å². The summed E-state index contributed by atoms with van der Waals surface area (Å²) in [5.41, 5.74) is 0.863. The summed E-state index contributed by atoms with van der Waals surface area (Å²) >= 11 is 8.98. The van der Waals surface area contributed by atoms with Crippen molar-refractivity contribution in [2.45, 2.75) is 13.0 Å². The van der Waals surface area contributed by atoms with E-state index in [1.54, 1.807) is 24.3 Å². The van der Waals surface area contributed by atoms with Gasteiger partial charge in [-0.25, -0.2) is 4.79 Å². The second kappa shape index (κ2) is 7.47. The van der Waals surface area contributed by atoms with Crippen LogP contribution in [0.3, 0.4) is 0 Å². The quantitative estimate of drug-likeness (QED) is 0.795. The van der Waals surface area contributed by atoms with Gasteiger partial charge in [0.05, 0.1) is 6.04 Å². The zero-order valence-corrected chi connectivity index (χ0v) is 14.0. The Morgan fingerprint density at radius 2 is 2.14 bits per heavy atom. The van der Waals surface area contributed by atoms with E-state index in [2.05, 4.69) is 21.2 Å². The van der Waals surface area contributed by atoms with Crippen LogP contribution in [0.2, 0.25) is 5.02 Å². The average molecular weight is 387 g/mol. The van der Waals surface area contributed by atoms with Crippen molar-refractivity contribution >= 4 is 39.4 Å². The Labute approximate surface area is 140 Å². The number of halogens is 2. The number of hydrogen-bond donors (Lipinski definition) is 1. The Balaban J connectivity index is 1.84. The highest BCUT2D eigenvalue weighted by atomic mass is 79.9. The van der Waals surface area contributed by atoms with E-state index in [-0.39, 0.29) is 18.4 Å². The molecule has 0 aliphatic rings. The van der Waals surface area contributed by atoms with Gasteiger partial charge in [0, 0.05) is 5.02 Å². The van der Waals surface area contributed by atoms with Crippen LogP contribution in [0.1, 0.15) is 29.1 Å². The zero-order valence-electron chi connectivity index (χ0n) is 11.6. The first kappa shape index (κ1) is 16.6. The summed E-state index contributed by atoms with van der Waals surface area (Å²) in [6.07, 6.45) is 0. The average Bonchev–Trinajstić information content (AvgIpc) is 2.91. The molecule has 7 heteroatoms. The number of benzene rings is 1. The summed E-state index contributed by atoms with van der Waals surface area (Å²) in [4.78, 5) is 23.4. The molecule has 1 aromatic heterocycles. The lowest BCUT2D eigenvalue weighted by Gasteiger charge is -2.14. The zero-order chi connectivity index (χ0) is 16.1. The van der Waals surface area contributed by atoms with Crippen LogP contribution < -0.4 is 5.32 Å². The fraction of sp³-hybridized carbons (Fsp3) is 0.200. The maximum absolute atomic E-state index is 11.8. The standard InChI is InChI=1S/C15H13BrClNO4/c1-9(10-3-2-4-11(17)7-10)18-14(19)8-21-15(20)12-5-6-13(16)22-12/h2-7,9H,8H2,1H3,(H,18,19)/t9-/m0/s1. The maximum atomic E-state index is 11.8. The minimum absolute atomic E-state index is 0.0302. The number of esters is 1. The minimum Gasteiger partial charge on any atom is -0.450 e. The fourth-order valence-electron chi connectivity index (χ4n) is 1.77. The summed E-state index contributed by atoms with van der Waals surface area (Å²) in [6, 6.07) is 9.94. The molecule has 116 valence electrons. The molecule has 1 N–H and O–H groups in total.